The summed E-state index contributed by atoms with van der Waals surface area (Å²) in [4.78, 5) is 15.0. The zero-order chi connectivity index (χ0) is 18.0. The lowest BCUT2D eigenvalue weighted by Gasteiger charge is -2.22. The lowest BCUT2D eigenvalue weighted by Crippen LogP contribution is -2.24. The van der Waals surface area contributed by atoms with Crippen LogP contribution in [-0.4, -0.2) is 19.0 Å². The number of rotatable bonds is 5. The monoisotopic (exact) mass is 400 g/mol. The summed E-state index contributed by atoms with van der Waals surface area (Å²) >= 11 is 3.51. The first-order chi connectivity index (χ1) is 12.0. The van der Waals surface area contributed by atoms with Gasteiger partial charge in [0.1, 0.15) is 0 Å². The van der Waals surface area contributed by atoms with Gasteiger partial charge in [-0.05, 0) is 80.6 Å². The quantitative estimate of drug-likeness (QED) is 0.768. The molecule has 0 saturated heterocycles. The molecular formula is C21H25BrN2O. The van der Waals surface area contributed by atoms with E-state index >= 15 is 0 Å². The van der Waals surface area contributed by atoms with Gasteiger partial charge in [-0.25, -0.2) is 0 Å². The number of carbonyl (C=O) groups excluding carboxylic acids is 1. The molecule has 25 heavy (non-hydrogen) atoms. The third-order valence-electron chi connectivity index (χ3n) is 5.07. The summed E-state index contributed by atoms with van der Waals surface area (Å²) in [6, 6.07) is 12.6. The average molecular weight is 401 g/mol. The standard InChI is InChI=1S/C21H25BrN2O/c1-4-24(5-2)19-8-9-20(14(3)10-19)23-21(25)17-11-15-6-7-18(22)13-16(15)12-17/h6-10,13,17H,4-5,11-12H2,1-3H3,(H,23,25). The molecule has 0 radical (unpaired) electrons. The number of nitrogens with zero attached hydrogens (tertiary/aromatic N) is 1. The number of benzene rings is 2. The lowest BCUT2D eigenvalue weighted by atomic mass is 10.0. The third-order valence-corrected chi connectivity index (χ3v) is 5.56. The number of hydrogen-bond donors (Lipinski definition) is 1. The molecule has 1 N–H and O–H groups in total. The third kappa shape index (κ3) is 3.90. The topological polar surface area (TPSA) is 32.3 Å². The summed E-state index contributed by atoms with van der Waals surface area (Å²) in [5, 5.41) is 3.13. The number of nitrogens with one attached hydrogen (secondary N) is 1. The summed E-state index contributed by atoms with van der Waals surface area (Å²) in [5.41, 5.74) is 5.80. The molecule has 0 heterocycles. The zero-order valence-electron chi connectivity index (χ0n) is 15.1. The maximum Gasteiger partial charge on any atom is 0.228 e. The fraction of sp³-hybridized carbons (Fsp3) is 0.381. The van der Waals surface area contributed by atoms with E-state index in [-0.39, 0.29) is 11.8 Å². The van der Waals surface area contributed by atoms with E-state index < -0.39 is 0 Å². The molecule has 3 rings (SSSR count). The van der Waals surface area contributed by atoms with Gasteiger partial charge in [0.2, 0.25) is 5.91 Å². The Kier molecular flexibility index (Phi) is 5.48. The first-order valence-corrected chi connectivity index (χ1v) is 9.74. The fourth-order valence-corrected chi connectivity index (χ4v) is 3.99. The number of anilines is 2. The zero-order valence-corrected chi connectivity index (χ0v) is 16.7. The van der Waals surface area contributed by atoms with Crippen LogP contribution in [0.3, 0.4) is 0 Å². The van der Waals surface area contributed by atoms with Gasteiger partial charge in [-0.15, -0.1) is 0 Å². The minimum Gasteiger partial charge on any atom is -0.372 e. The highest BCUT2D eigenvalue weighted by Gasteiger charge is 2.27. The minimum atomic E-state index is 0.0196. The number of carbonyl (C=O) groups is 1. The second-order valence-electron chi connectivity index (χ2n) is 6.68. The van der Waals surface area contributed by atoms with Crippen molar-refractivity contribution in [3.63, 3.8) is 0 Å². The fourth-order valence-electron chi connectivity index (χ4n) is 3.58. The highest BCUT2D eigenvalue weighted by molar-refractivity contribution is 9.10. The number of fused-ring (bicyclic) bond motifs is 1. The summed E-state index contributed by atoms with van der Waals surface area (Å²) in [6.45, 7) is 8.34. The van der Waals surface area contributed by atoms with Crippen molar-refractivity contribution >= 4 is 33.2 Å². The Bertz CT molecular complexity index is 783. The Hall–Kier alpha value is -1.81. The van der Waals surface area contributed by atoms with Crippen LogP contribution >= 0.6 is 15.9 Å². The van der Waals surface area contributed by atoms with Gasteiger partial charge in [-0.3, -0.25) is 4.79 Å². The molecule has 1 amide bonds. The van der Waals surface area contributed by atoms with Crippen LogP contribution in [0.5, 0.6) is 0 Å². The second kappa shape index (κ2) is 7.61. The van der Waals surface area contributed by atoms with Crippen molar-refractivity contribution in [2.24, 2.45) is 5.92 Å². The number of aryl methyl sites for hydroxylation is 1. The van der Waals surface area contributed by atoms with Gasteiger partial charge in [-0.2, -0.15) is 0 Å². The second-order valence-corrected chi connectivity index (χ2v) is 7.59. The molecule has 1 atom stereocenters. The van der Waals surface area contributed by atoms with Crippen molar-refractivity contribution in [2.75, 3.05) is 23.3 Å². The molecule has 0 fully saturated rings. The number of hydrogen-bond acceptors (Lipinski definition) is 2. The first kappa shape index (κ1) is 18.0. The van der Waals surface area contributed by atoms with E-state index in [0.717, 1.165) is 41.7 Å². The van der Waals surface area contributed by atoms with E-state index in [1.165, 1.54) is 16.8 Å². The Labute approximate surface area is 158 Å². The smallest absolute Gasteiger partial charge is 0.228 e. The molecule has 0 aliphatic heterocycles. The predicted octanol–water partition coefficient (Wildman–Crippen LogP) is 4.96. The van der Waals surface area contributed by atoms with Crippen molar-refractivity contribution < 1.29 is 4.79 Å². The lowest BCUT2D eigenvalue weighted by molar-refractivity contribution is -0.119. The largest absolute Gasteiger partial charge is 0.372 e. The molecule has 1 aliphatic rings. The maximum absolute atomic E-state index is 12.7. The van der Waals surface area contributed by atoms with Crippen molar-refractivity contribution in [2.45, 2.75) is 33.6 Å². The van der Waals surface area contributed by atoms with Gasteiger partial charge in [0, 0.05) is 34.9 Å². The molecule has 0 saturated carbocycles. The Morgan fingerprint density at radius 1 is 1.12 bits per heavy atom. The summed E-state index contributed by atoms with van der Waals surface area (Å²) in [7, 11) is 0. The number of amides is 1. The van der Waals surface area contributed by atoms with Crippen LogP contribution in [0.4, 0.5) is 11.4 Å². The van der Waals surface area contributed by atoms with Crippen LogP contribution in [0.1, 0.15) is 30.5 Å². The van der Waals surface area contributed by atoms with Gasteiger partial charge in [0.25, 0.3) is 0 Å². The van der Waals surface area contributed by atoms with E-state index in [1.54, 1.807) is 0 Å². The van der Waals surface area contributed by atoms with Gasteiger partial charge >= 0.3 is 0 Å². The molecule has 1 unspecified atom stereocenters. The van der Waals surface area contributed by atoms with E-state index in [9.17, 15) is 4.79 Å². The minimum absolute atomic E-state index is 0.0196. The first-order valence-electron chi connectivity index (χ1n) is 8.95. The van der Waals surface area contributed by atoms with Crippen LogP contribution in [0.15, 0.2) is 40.9 Å². The normalized spacial score (nSPS) is 15.8. The van der Waals surface area contributed by atoms with Gasteiger partial charge in [0.15, 0.2) is 0 Å². The Balaban J connectivity index is 1.70. The summed E-state index contributed by atoms with van der Waals surface area (Å²) in [5.74, 6) is 0.136. The molecule has 132 valence electrons. The van der Waals surface area contributed by atoms with Crippen LogP contribution in [0, 0.1) is 12.8 Å². The van der Waals surface area contributed by atoms with Crippen molar-refractivity contribution in [3.05, 3.63) is 57.6 Å². The highest BCUT2D eigenvalue weighted by Crippen LogP contribution is 2.30. The predicted molar refractivity (Wildman–Crippen MR) is 108 cm³/mol. The molecule has 1 aliphatic carbocycles. The van der Waals surface area contributed by atoms with E-state index in [1.807, 2.05) is 6.07 Å². The molecule has 4 heteroatoms. The van der Waals surface area contributed by atoms with E-state index in [4.69, 9.17) is 0 Å². The molecule has 0 spiro atoms. The maximum atomic E-state index is 12.7. The van der Waals surface area contributed by atoms with Crippen LogP contribution in [0.25, 0.3) is 0 Å². The Morgan fingerprint density at radius 3 is 2.52 bits per heavy atom. The van der Waals surface area contributed by atoms with Crippen molar-refractivity contribution in [3.8, 4) is 0 Å². The van der Waals surface area contributed by atoms with Crippen LogP contribution < -0.4 is 10.2 Å². The highest BCUT2D eigenvalue weighted by atomic mass is 79.9. The van der Waals surface area contributed by atoms with Gasteiger partial charge in [0.05, 0.1) is 0 Å². The van der Waals surface area contributed by atoms with Crippen LogP contribution in [-0.2, 0) is 17.6 Å². The SMILES string of the molecule is CCN(CC)c1ccc(NC(=O)C2Cc3ccc(Br)cc3C2)c(C)c1. The molecular weight excluding hydrogens is 376 g/mol. The van der Waals surface area contributed by atoms with Gasteiger partial charge < -0.3 is 10.2 Å². The Morgan fingerprint density at radius 2 is 1.84 bits per heavy atom. The molecule has 0 aromatic heterocycles. The van der Waals surface area contributed by atoms with E-state index in [0.29, 0.717) is 0 Å². The molecule has 2 aromatic carbocycles. The molecule has 0 bridgehead atoms. The molecule has 2 aromatic rings. The van der Waals surface area contributed by atoms with Crippen molar-refractivity contribution in [1.29, 1.82) is 0 Å². The summed E-state index contributed by atoms with van der Waals surface area (Å²) < 4.78 is 1.08. The summed E-state index contributed by atoms with van der Waals surface area (Å²) in [6.07, 6.45) is 1.64. The van der Waals surface area contributed by atoms with Crippen LogP contribution in [0.2, 0.25) is 0 Å². The molecule has 3 nitrogen and oxygen atoms in total. The average Bonchev–Trinajstić information content (AvgIpc) is 3.01. The van der Waals surface area contributed by atoms with Crippen molar-refractivity contribution in [1.82, 2.24) is 0 Å². The van der Waals surface area contributed by atoms with E-state index in [2.05, 4.69) is 77.2 Å². The number of halogens is 1. The van der Waals surface area contributed by atoms with Gasteiger partial charge in [-0.1, -0.05) is 22.0 Å².